The number of hydrogen-bond acceptors (Lipinski definition) is 4. The van der Waals surface area contributed by atoms with Crippen molar-refractivity contribution in [2.75, 3.05) is 38.3 Å². The SMILES string of the molecule is C=C(/C=C\C(=C/C)C1(c2ccc(C(F)(F)F)cc2)Oc2cc(N3CCOCC3)c3ccccc3c2C=I1)OC. The molecule has 2 heterocycles. The van der Waals surface area contributed by atoms with Crippen LogP contribution in [0.5, 0.6) is 5.75 Å². The van der Waals surface area contributed by atoms with Gasteiger partial charge in [-0.25, -0.2) is 0 Å². The van der Waals surface area contributed by atoms with Gasteiger partial charge in [-0.05, 0) is 34.5 Å². The summed E-state index contributed by atoms with van der Waals surface area (Å²) in [6.45, 7) is 8.62. The number of nitrogens with zero attached hydrogens (tertiary/aromatic N) is 1. The Morgan fingerprint density at radius 3 is 2.38 bits per heavy atom. The van der Waals surface area contributed by atoms with Crippen LogP contribution in [0, 0.1) is 0 Å². The number of alkyl halides is 4. The fourth-order valence-corrected chi connectivity index (χ4v) is 8.17. The van der Waals surface area contributed by atoms with Gasteiger partial charge in [0.1, 0.15) is 11.5 Å². The fraction of sp³-hybridized carbons (Fsp3) is 0.258. The lowest BCUT2D eigenvalue weighted by molar-refractivity contribution is -0.137. The van der Waals surface area contributed by atoms with Crippen LogP contribution in [0.3, 0.4) is 0 Å². The van der Waals surface area contributed by atoms with Crippen LogP contribution in [0.4, 0.5) is 18.9 Å². The number of ether oxygens (including phenoxy) is 3. The average molecular weight is 647 g/mol. The van der Waals surface area contributed by atoms with E-state index in [4.69, 9.17) is 14.2 Å². The number of morpholine rings is 1. The lowest BCUT2D eigenvalue weighted by atomic mass is 9.97. The molecule has 0 bridgehead atoms. The second-order valence-electron chi connectivity index (χ2n) is 9.19. The molecule has 0 saturated carbocycles. The highest BCUT2D eigenvalue weighted by Crippen LogP contribution is 2.51. The first kappa shape index (κ1) is 27.5. The summed E-state index contributed by atoms with van der Waals surface area (Å²) in [7, 11) is 1.54. The van der Waals surface area contributed by atoms with Gasteiger partial charge in [-0.2, -0.15) is 13.2 Å². The maximum absolute atomic E-state index is 13.4. The summed E-state index contributed by atoms with van der Waals surface area (Å²) in [6, 6.07) is 15.7. The van der Waals surface area contributed by atoms with Crippen molar-refractivity contribution >= 4 is 41.2 Å². The maximum atomic E-state index is 13.4. The number of hydrogen-bond donors (Lipinski definition) is 0. The Morgan fingerprint density at radius 1 is 1.05 bits per heavy atom. The van der Waals surface area contributed by atoms with E-state index in [-0.39, 0.29) is 0 Å². The summed E-state index contributed by atoms with van der Waals surface area (Å²) in [4.78, 5) is 2.30. The van der Waals surface area contributed by atoms with E-state index >= 15 is 0 Å². The molecule has 0 spiro atoms. The van der Waals surface area contributed by atoms with E-state index in [2.05, 4.69) is 33.7 Å². The Kier molecular flexibility index (Phi) is 7.87. The van der Waals surface area contributed by atoms with E-state index in [0.717, 1.165) is 52.8 Å². The molecule has 0 amide bonds. The van der Waals surface area contributed by atoms with Crippen molar-refractivity contribution in [1.82, 2.24) is 0 Å². The molecule has 1 saturated heterocycles. The largest absolute Gasteiger partial charge is 0.497 e. The van der Waals surface area contributed by atoms with E-state index in [0.29, 0.717) is 30.3 Å². The molecule has 2 aliphatic rings. The van der Waals surface area contributed by atoms with Crippen LogP contribution in [-0.4, -0.2) is 37.4 Å². The minimum atomic E-state index is -4.42. The summed E-state index contributed by atoms with van der Waals surface area (Å²) in [5, 5.41) is 2.24. The summed E-state index contributed by atoms with van der Waals surface area (Å²) in [5.74, 6) is 1.18. The summed E-state index contributed by atoms with van der Waals surface area (Å²) < 4.78 is 59.3. The summed E-state index contributed by atoms with van der Waals surface area (Å²) in [6.07, 6.45) is 1.16. The lowest BCUT2D eigenvalue weighted by Gasteiger charge is -2.38. The molecule has 39 heavy (non-hydrogen) atoms. The zero-order valence-electron chi connectivity index (χ0n) is 21.7. The Hall–Kier alpha value is -3.11. The van der Waals surface area contributed by atoms with Gasteiger partial charge in [0.2, 0.25) is 3.61 Å². The van der Waals surface area contributed by atoms with E-state index in [1.54, 1.807) is 13.2 Å². The number of anilines is 1. The molecule has 8 heteroatoms. The Balaban J connectivity index is 1.69. The first-order chi connectivity index (χ1) is 18.8. The predicted molar refractivity (Wildman–Crippen MR) is 159 cm³/mol. The Labute approximate surface area is 236 Å². The fourth-order valence-electron chi connectivity index (χ4n) is 4.85. The van der Waals surface area contributed by atoms with Crippen molar-refractivity contribution in [1.29, 1.82) is 0 Å². The minimum Gasteiger partial charge on any atom is -0.497 e. The molecule has 0 aliphatic carbocycles. The monoisotopic (exact) mass is 647 g/mol. The van der Waals surface area contributed by atoms with Crippen molar-refractivity contribution in [2.45, 2.75) is 16.7 Å². The quantitative estimate of drug-likeness (QED) is 0.119. The topological polar surface area (TPSA) is 30.9 Å². The maximum Gasteiger partial charge on any atom is 0.416 e. The number of halogens is 4. The third-order valence-electron chi connectivity index (χ3n) is 6.92. The van der Waals surface area contributed by atoms with Gasteiger partial charge in [0.25, 0.3) is 0 Å². The highest BCUT2D eigenvalue weighted by atomic mass is 127. The molecule has 5 rings (SSSR count). The smallest absolute Gasteiger partial charge is 0.416 e. The van der Waals surface area contributed by atoms with Gasteiger partial charge < -0.3 is 19.1 Å². The third kappa shape index (κ3) is 5.36. The molecule has 204 valence electrons. The Bertz CT molecular complexity index is 1470. The summed E-state index contributed by atoms with van der Waals surface area (Å²) >= 11 is -0.880. The molecular formula is C31H29F3INO3. The van der Waals surface area contributed by atoms with Gasteiger partial charge in [-0.3, -0.25) is 0 Å². The average Bonchev–Trinajstić information content (AvgIpc) is 2.96. The highest BCUT2D eigenvalue weighted by molar-refractivity contribution is 14.2. The van der Waals surface area contributed by atoms with Crippen LogP contribution in [-0.2, 0) is 19.3 Å². The van der Waals surface area contributed by atoms with Crippen molar-refractivity contribution in [2.24, 2.45) is 0 Å². The molecular weight excluding hydrogens is 618 g/mol. The zero-order valence-corrected chi connectivity index (χ0v) is 23.9. The molecule has 1 fully saturated rings. The number of fused-ring (bicyclic) bond motifs is 3. The van der Waals surface area contributed by atoms with Crippen molar-refractivity contribution in [3.8, 4) is 5.75 Å². The van der Waals surface area contributed by atoms with E-state index in [1.807, 2.05) is 31.2 Å². The van der Waals surface area contributed by atoms with Crippen LogP contribution in [0.1, 0.15) is 23.6 Å². The number of benzene rings is 3. The molecule has 0 aromatic heterocycles. The zero-order chi connectivity index (χ0) is 27.6. The molecule has 0 radical (unpaired) electrons. The van der Waals surface area contributed by atoms with Gasteiger partial charge in [-0.15, -0.1) is 0 Å². The van der Waals surface area contributed by atoms with Crippen LogP contribution < -0.4 is 9.64 Å². The minimum absolute atomic E-state index is 0.468. The van der Waals surface area contributed by atoms with Gasteiger partial charge in [0, 0.05) is 46.9 Å². The van der Waals surface area contributed by atoms with Crippen molar-refractivity contribution < 1.29 is 27.4 Å². The molecule has 0 N–H and O–H groups in total. The van der Waals surface area contributed by atoms with Crippen LogP contribution >= 0.6 is 20.7 Å². The van der Waals surface area contributed by atoms with Gasteiger partial charge in [-0.1, -0.05) is 75.9 Å². The molecule has 1 atom stereocenters. The van der Waals surface area contributed by atoms with Gasteiger partial charge >= 0.3 is 6.18 Å². The normalized spacial score (nSPS) is 19.9. The van der Waals surface area contributed by atoms with E-state index < -0.39 is 36.1 Å². The molecule has 3 aromatic carbocycles. The first-order valence-electron chi connectivity index (χ1n) is 12.6. The third-order valence-corrected chi connectivity index (χ3v) is 10.2. The second-order valence-corrected chi connectivity index (χ2v) is 12.0. The van der Waals surface area contributed by atoms with E-state index in [1.165, 1.54) is 12.1 Å². The van der Waals surface area contributed by atoms with E-state index in [9.17, 15) is 13.2 Å². The van der Waals surface area contributed by atoms with Crippen molar-refractivity contribution in [3.63, 3.8) is 0 Å². The van der Waals surface area contributed by atoms with Crippen LogP contribution in [0.15, 0.2) is 90.7 Å². The van der Waals surface area contributed by atoms with Gasteiger partial charge in [0.05, 0.1) is 25.9 Å². The summed E-state index contributed by atoms with van der Waals surface area (Å²) in [5.41, 5.74) is 2.90. The molecule has 1 unspecified atom stereocenters. The first-order valence-corrected chi connectivity index (χ1v) is 14.9. The molecule has 4 nitrogen and oxygen atoms in total. The van der Waals surface area contributed by atoms with Crippen LogP contribution in [0.25, 0.3) is 10.8 Å². The number of rotatable bonds is 6. The molecule has 2 aliphatic heterocycles. The number of allylic oxidation sites excluding steroid dienone is 2. The van der Waals surface area contributed by atoms with Gasteiger partial charge in [0.15, 0.2) is 0 Å². The number of methoxy groups -OCH3 is 1. The van der Waals surface area contributed by atoms with Crippen molar-refractivity contribution in [3.05, 3.63) is 107 Å². The highest BCUT2D eigenvalue weighted by Gasteiger charge is 2.40. The Morgan fingerprint density at radius 2 is 1.74 bits per heavy atom. The second kappa shape index (κ2) is 11.2. The predicted octanol–water partition coefficient (Wildman–Crippen LogP) is 7.72. The van der Waals surface area contributed by atoms with Crippen LogP contribution in [0.2, 0.25) is 0 Å². The lowest BCUT2D eigenvalue weighted by Crippen LogP contribution is -2.36. The molecule has 3 aromatic rings. The standard InChI is InChI=1S/C31H29F3INO3/c1-4-22(10-9-21(2)37-3)30(23-11-13-24(14-12-23)31(32,33)34)35-20-27-25-7-5-6-8-26(25)28(19-29(27)39-30)36-15-17-38-18-16-36/h4-14,19-20H,2,15-18H2,1,3H3/b10-9-,22-4+.